The number of para-hydroxylation sites is 1. The SMILES string of the molecule is CC(C)(C)OC(=O)Nc1ccsc1C(=O)Nc1ccccc1.CC(C)(C)OC(=O)Nc1ccsc1C(=O)O. The van der Waals surface area contributed by atoms with Crippen molar-refractivity contribution >= 4 is 63.8 Å². The van der Waals surface area contributed by atoms with Crippen LogP contribution < -0.4 is 16.0 Å². The van der Waals surface area contributed by atoms with Gasteiger partial charge in [0, 0.05) is 5.69 Å². The van der Waals surface area contributed by atoms with Gasteiger partial charge in [-0.2, -0.15) is 0 Å². The Labute approximate surface area is 229 Å². The summed E-state index contributed by atoms with van der Waals surface area (Å²) in [6.45, 7) is 10.5. The lowest BCUT2D eigenvalue weighted by atomic mass is 10.2. The molecule has 0 atom stereocenters. The van der Waals surface area contributed by atoms with Crippen LogP contribution in [0.15, 0.2) is 53.2 Å². The molecule has 0 aliphatic carbocycles. The van der Waals surface area contributed by atoms with Crippen molar-refractivity contribution in [2.75, 3.05) is 16.0 Å². The molecule has 38 heavy (non-hydrogen) atoms. The van der Waals surface area contributed by atoms with E-state index in [0.29, 0.717) is 16.3 Å². The fraction of sp³-hybridized carbons (Fsp3) is 0.308. The van der Waals surface area contributed by atoms with Gasteiger partial charge in [0.15, 0.2) is 0 Å². The van der Waals surface area contributed by atoms with Gasteiger partial charge < -0.3 is 19.9 Å². The number of rotatable bonds is 5. The van der Waals surface area contributed by atoms with Crippen molar-refractivity contribution in [3.8, 4) is 0 Å². The third-order valence-electron chi connectivity index (χ3n) is 4.03. The number of ether oxygens (including phenoxy) is 2. The normalized spacial score (nSPS) is 10.9. The van der Waals surface area contributed by atoms with E-state index in [1.54, 1.807) is 70.5 Å². The van der Waals surface area contributed by atoms with Gasteiger partial charge >= 0.3 is 18.2 Å². The highest BCUT2D eigenvalue weighted by atomic mass is 32.1. The molecule has 0 spiro atoms. The molecule has 4 N–H and O–H groups in total. The number of hydrogen-bond donors (Lipinski definition) is 4. The molecule has 1 aromatic carbocycles. The molecule has 3 aromatic rings. The minimum Gasteiger partial charge on any atom is -0.477 e. The van der Waals surface area contributed by atoms with Crippen molar-refractivity contribution in [2.24, 2.45) is 0 Å². The molecule has 12 heteroatoms. The number of carbonyl (C=O) groups excluding carboxylic acids is 3. The Morgan fingerprint density at radius 2 is 1.13 bits per heavy atom. The summed E-state index contributed by atoms with van der Waals surface area (Å²) in [5.41, 5.74) is 0.194. The van der Waals surface area contributed by atoms with Crippen molar-refractivity contribution in [3.05, 3.63) is 63.0 Å². The standard InChI is InChI=1S/C16H18N2O3S.C10H13NO4S/c1-16(2,3)21-15(20)18-12-9-10-22-13(12)14(19)17-11-7-5-4-6-8-11;1-10(2,3)15-9(14)11-6-4-5-16-7(6)8(12)13/h4-10H,1-3H3,(H,17,19)(H,18,20);4-5H,1-3H3,(H,11,14)(H,12,13). The zero-order chi connectivity index (χ0) is 28.5. The van der Waals surface area contributed by atoms with Gasteiger partial charge in [-0.15, -0.1) is 22.7 Å². The lowest BCUT2D eigenvalue weighted by Gasteiger charge is -2.19. The average Bonchev–Trinajstić information content (AvgIpc) is 3.41. The second-order valence-corrected chi connectivity index (χ2v) is 11.5. The number of aromatic carboxylic acids is 1. The number of carbonyl (C=O) groups is 4. The summed E-state index contributed by atoms with van der Waals surface area (Å²) in [6, 6.07) is 12.3. The number of nitrogens with one attached hydrogen (secondary N) is 3. The van der Waals surface area contributed by atoms with E-state index in [-0.39, 0.29) is 16.5 Å². The number of amides is 3. The molecule has 204 valence electrons. The number of benzene rings is 1. The first-order valence-electron chi connectivity index (χ1n) is 11.4. The molecule has 0 aliphatic heterocycles. The zero-order valence-corrected chi connectivity index (χ0v) is 23.5. The molecule has 0 bridgehead atoms. The van der Waals surface area contributed by atoms with E-state index in [0.717, 1.165) is 11.3 Å². The van der Waals surface area contributed by atoms with Gasteiger partial charge in [-0.25, -0.2) is 14.4 Å². The third kappa shape index (κ3) is 10.6. The lowest BCUT2D eigenvalue weighted by Crippen LogP contribution is -2.27. The Morgan fingerprint density at radius 3 is 1.58 bits per heavy atom. The smallest absolute Gasteiger partial charge is 0.412 e. The summed E-state index contributed by atoms with van der Waals surface area (Å²) in [6.07, 6.45) is -1.24. The largest absolute Gasteiger partial charge is 0.477 e. The Bertz CT molecular complexity index is 1260. The van der Waals surface area contributed by atoms with Gasteiger partial charge in [-0.05, 0) is 76.6 Å². The molecule has 0 radical (unpaired) electrons. The first-order chi connectivity index (χ1) is 17.6. The number of thiophene rings is 2. The quantitative estimate of drug-likeness (QED) is 0.259. The molecule has 0 saturated heterocycles. The van der Waals surface area contributed by atoms with Gasteiger partial charge in [-0.1, -0.05) is 18.2 Å². The van der Waals surface area contributed by atoms with Gasteiger partial charge in [0.05, 0.1) is 11.4 Å². The second-order valence-electron chi connectivity index (χ2n) is 9.71. The van der Waals surface area contributed by atoms with Crippen LogP contribution in [0.4, 0.5) is 26.7 Å². The number of carboxylic acid groups (broad SMARTS) is 1. The van der Waals surface area contributed by atoms with Crippen molar-refractivity contribution in [2.45, 2.75) is 52.7 Å². The van der Waals surface area contributed by atoms with Crippen LogP contribution in [-0.2, 0) is 9.47 Å². The predicted molar refractivity (Wildman–Crippen MR) is 150 cm³/mol. The minimum absolute atomic E-state index is 0.0888. The predicted octanol–water partition coefficient (Wildman–Crippen LogP) is 7.14. The first-order valence-corrected chi connectivity index (χ1v) is 13.2. The molecule has 2 aromatic heterocycles. The lowest BCUT2D eigenvalue weighted by molar-refractivity contribution is 0.0623. The van der Waals surface area contributed by atoms with Crippen LogP contribution in [0.25, 0.3) is 0 Å². The first kappa shape index (κ1) is 30.3. The maximum absolute atomic E-state index is 12.3. The zero-order valence-electron chi connectivity index (χ0n) is 21.9. The van der Waals surface area contributed by atoms with E-state index in [9.17, 15) is 19.2 Å². The van der Waals surface area contributed by atoms with Crippen LogP contribution in [0.5, 0.6) is 0 Å². The summed E-state index contributed by atoms with van der Waals surface area (Å²) in [4.78, 5) is 46.7. The summed E-state index contributed by atoms with van der Waals surface area (Å²) in [7, 11) is 0. The van der Waals surface area contributed by atoms with Crippen LogP contribution in [0, 0.1) is 0 Å². The van der Waals surface area contributed by atoms with E-state index < -0.39 is 29.4 Å². The average molecular weight is 562 g/mol. The van der Waals surface area contributed by atoms with Crippen LogP contribution in [0.1, 0.15) is 60.9 Å². The number of anilines is 3. The van der Waals surface area contributed by atoms with Gasteiger partial charge in [0.1, 0.15) is 21.0 Å². The van der Waals surface area contributed by atoms with Crippen molar-refractivity contribution in [1.82, 2.24) is 0 Å². The van der Waals surface area contributed by atoms with Crippen LogP contribution in [0.3, 0.4) is 0 Å². The maximum atomic E-state index is 12.3. The minimum atomic E-state index is -1.07. The third-order valence-corrected chi connectivity index (χ3v) is 5.85. The van der Waals surface area contributed by atoms with Crippen molar-refractivity contribution in [3.63, 3.8) is 0 Å². The molecule has 0 fully saturated rings. The number of carboxylic acids is 1. The summed E-state index contributed by atoms with van der Waals surface area (Å²) < 4.78 is 10.2. The highest BCUT2D eigenvalue weighted by molar-refractivity contribution is 7.13. The topological polar surface area (TPSA) is 143 Å². The van der Waals surface area contributed by atoms with E-state index in [1.165, 1.54) is 17.4 Å². The molecule has 3 amide bonds. The highest BCUT2D eigenvalue weighted by Gasteiger charge is 2.21. The molecule has 0 saturated carbocycles. The molecular formula is C26H31N3O7S2. The Hall–Kier alpha value is -3.90. The maximum Gasteiger partial charge on any atom is 0.412 e. The Kier molecular flexibility index (Phi) is 10.4. The van der Waals surface area contributed by atoms with Crippen LogP contribution >= 0.6 is 22.7 Å². The molecule has 2 heterocycles. The fourth-order valence-electron chi connectivity index (χ4n) is 2.69. The van der Waals surface area contributed by atoms with E-state index in [4.69, 9.17) is 14.6 Å². The number of hydrogen-bond acceptors (Lipinski definition) is 8. The molecule has 0 unspecified atom stereocenters. The van der Waals surface area contributed by atoms with Crippen molar-refractivity contribution in [1.29, 1.82) is 0 Å². The molecule has 0 aliphatic rings. The summed E-state index contributed by atoms with van der Waals surface area (Å²) >= 11 is 2.30. The highest BCUT2D eigenvalue weighted by Crippen LogP contribution is 2.25. The fourth-order valence-corrected chi connectivity index (χ4v) is 4.12. The molecular weight excluding hydrogens is 530 g/mol. The molecule has 10 nitrogen and oxygen atoms in total. The van der Waals surface area contributed by atoms with E-state index in [1.807, 2.05) is 18.2 Å². The molecule has 3 rings (SSSR count). The van der Waals surface area contributed by atoms with E-state index >= 15 is 0 Å². The van der Waals surface area contributed by atoms with Gasteiger partial charge in [0.2, 0.25) is 0 Å². The Balaban J connectivity index is 0.000000281. The monoisotopic (exact) mass is 561 g/mol. The summed E-state index contributed by atoms with van der Waals surface area (Å²) in [5, 5.41) is 19.9. The Morgan fingerprint density at radius 1 is 0.684 bits per heavy atom. The van der Waals surface area contributed by atoms with Crippen LogP contribution in [-0.4, -0.2) is 40.4 Å². The summed E-state index contributed by atoms with van der Waals surface area (Å²) in [5.74, 6) is -1.34. The van der Waals surface area contributed by atoms with Gasteiger partial charge in [0.25, 0.3) is 5.91 Å². The van der Waals surface area contributed by atoms with Crippen LogP contribution in [0.2, 0.25) is 0 Å². The van der Waals surface area contributed by atoms with Crippen molar-refractivity contribution < 1.29 is 33.8 Å². The van der Waals surface area contributed by atoms with E-state index in [2.05, 4.69) is 16.0 Å². The van der Waals surface area contributed by atoms with Gasteiger partial charge in [-0.3, -0.25) is 15.4 Å². The second kappa shape index (κ2) is 13.1.